The fraction of sp³-hybridized carbons (Fsp3) is 0.417. The van der Waals surface area contributed by atoms with Crippen LogP contribution in [0.25, 0.3) is 0 Å². The molecule has 0 amide bonds. The van der Waals surface area contributed by atoms with Gasteiger partial charge in [-0.2, -0.15) is 4.72 Å². The highest BCUT2D eigenvalue weighted by Gasteiger charge is 2.31. The zero-order valence-corrected chi connectivity index (χ0v) is 12.5. The monoisotopic (exact) mass is 316 g/mol. The van der Waals surface area contributed by atoms with E-state index in [0.29, 0.717) is 0 Å². The molecule has 9 heteroatoms. The van der Waals surface area contributed by atoms with Crippen molar-refractivity contribution in [2.24, 2.45) is 5.92 Å². The van der Waals surface area contributed by atoms with Gasteiger partial charge in [0, 0.05) is 6.20 Å². The maximum Gasteiger partial charge on any atom is 0.358 e. The van der Waals surface area contributed by atoms with Crippen LogP contribution in [0.5, 0.6) is 0 Å². The maximum absolute atomic E-state index is 12.3. The average Bonchev–Trinajstić information content (AvgIpc) is 2.43. The molecule has 1 unspecified atom stereocenters. The third-order valence-electron chi connectivity index (χ3n) is 2.65. The molecule has 21 heavy (non-hydrogen) atoms. The second-order valence-electron chi connectivity index (χ2n) is 4.52. The summed E-state index contributed by atoms with van der Waals surface area (Å²) in [6.07, 6.45) is 1.24. The van der Waals surface area contributed by atoms with E-state index in [4.69, 9.17) is 5.11 Å². The first kappa shape index (κ1) is 17.1. The lowest BCUT2D eigenvalue weighted by Gasteiger charge is -2.18. The second kappa shape index (κ2) is 6.64. The number of nitrogens with one attached hydrogen (secondary N) is 1. The Balaban J connectivity index is 3.26. The van der Waals surface area contributed by atoms with E-state index in [1.807, 2.05) is 0 Å². The van der Waals surface area contributed by atoms with Crippen LogP contribution < -0.4 is 4.72 Å². The van der Waals surface area contributed by atoms with Crippen LogP contribution in [0.1, 0.15) is 24.3 Å². The van der Waals surface area contributed by atoms with Gasteiger partial charge < -0.3 is 9.84 Å². The van der Waals surface area contributed by atoms with Crippen molar-refractivity contribution in [1.82, 2.24) is 9.71 Å². The van der Waals surface area contributed by atoms with E-state index in [2.05, 4.69) is 14.4 Å². The number of sulfonamides is 1. The van der Waals surface area contributed by atoms with E-state index in [9.17, 15) is 18.0 Å². The van der Waals surface area contributed by atoms with Crippen LogP contribution in [-0.4, -0.2) is 43.6 Å². The van der Waals surface area contributed by atoms with Crippen LogP contribution in [0.3, 0.4) is 0 Å². The number of ether oxygens (including phenoxy) is 1. The van der Waals surface area contributed by atoms with Crippen LogP contribution in [0.4, 0.5) is 0 Å². The highest BCUT2D eigenvalue weighted by atomic mass is 32.2. The number of carboxylic acid groups (broad SMARTS) is 1. The average molecular weight is 316 g/mol. The van der Waals surface area contributed by atoms with Gasteiger partial charge in [-0.3, -0.25) is 4.79 Å². The minimum Gasteiger partial charge on any atom is -0.480 e. The Morgan fingerprint density at radius 2 is 2.00 bits per heavy atom. The molecule has 0 saturated heterocycles. The molecule has 2 N–H and O–H groups in total. The quantitative estimate of drug-likeness (QED) is 0.721. The minimum absolute atomic E-state index is 0.402. The van der Waals surface area contributed by atoms with Crippen LogP contribution in [-0.2, 0) is 19.6 Å². The van der Waals surface area contributed by atoms with Crippen LogP contribution >= 0.6 is 0 Å². The molecule has 1 rings (SSSR count). The highest BCUT2D eigenvalue weighted by Crippen LogP contribution is 2.16. The summed E-state index contributed by atoms with van der Waals surface area (Å²) in [5.41, 5.74) is -0.402. The van der Waals surface area contributed by atoms with Crippen molar-refractivity contribution < 1.29 is 27.9 Å². The van der Waals surface area contributed by atoms with Crippen LogP contribution in [0.2, 0.25) is 0 Å². The number of rotatable bonds is 6. The molecule has 0 saturated carbocycles. The summed E-state index contributed by atoms with van der Waals surface area (Å²) >= 11 is 0. The van der Waals surface area contributed by atoms with Gasteiger partial charge in [-0.05, 0) is 18.1 Å². The van der Waals surface area contributed by atoms with Gasteiger partial charge in [0.15, 0.2) is 5.69 Å². The number of esters is 1. The zero-order valence-electron chi connectivity index (χ0n) is 11.7. The topological polar surface area (TPSA) is 123 Å². The van der Waals surface area contributed by atoms with Crippen molar-refractivity contribution >= 4 is 22.0 Å². The third-order valence-corrected chi connectivity index (χ3v) is 4.13. The zero-order chi connectivity index (χ0) is 16.2. The Morgan fingerprint density at radius 3 is 2.48 bits per heavy atom. The number of pyridine rings is 1. The third kappa shape index (κ3) is 3.99. The van der Waals surface area contributed by atoms with E-state index in [1.165, 1.54) is 12.3 Å². The number of carboxylic acids is 1. The van der Waals surface area contributed by atoms with Gasteiger partial charge in [0.05, 0.1) is 7.11 Å². The van der Waals surface area contributed by atoms with Gasteiger partial charge in [-0.15, -0.1) is 0 Å². The van der Waals surface area contributed by atoms with Crippen molar-refractivity contribution in [3.63, 3.8) is 0 Å². The van der Waals surface area contributed by atoms with Crippen molar-refractivity contribution in [3.05, 3.63) is 24.0 Å². The number of methoxy groups -OCH3 is 1. The first-order valence-corrected chi connectivity index (χ1v) is 7.47. The van der Waals surface area contributed by atoms with Gasteiger partial charge in [0.2, 0.25) is 10.0 Å². The lowest BCUT2D eigenvalue weighted by molar-refractivity contribution is -0.140. The predicted octanol–water partition coefficient (Wildman–Crippen LogP) is 0.256. The van der Waals surface area contributed by atoms with Gasteiger partial charge in [0.1, 0.15) is 10.9 Å². The van der Waals surface area contributed by atoms with Crippen molar-refractivity contribution in [2.45, 2.75) is 24.8 Å². The molecule has 116 valence electrons. The number of nitrogens with zero attached hydrogens (tertiary/aromatic N) is 1. The van der Waals surface area contributed by atoms with Crippen molar-refractivity contribution in [1.29, 1.82) is 0 Å². The lowest BCUT2D eigenvalue weighted by atomic mass is 10.1. The Morgan fingerprint density at radius 1 is 1.38 bits per heavy atom. The molecule has 0 aliphatic heterocycles. The fourth-order valence-electron chi connectivity index (χ4n) is 1.56. The van der Waals surface area contributed by atoms with E-state index < -0.39 is 44.5 Å². The van der Waals surface area contributed by atoms with Gasteiger partial charge in [-0.25, -0.2) is 18.2 Å². The first-order valence-electron chi connectivity index (χ1n) is 5.99. The van der Waals surface area contributed by atoms with E-state index in [-0.39, 0.29) is 0 Å². The summed E-state index contributed by atoms with van der Waals surface area (Å²) in [6, 6.07) is 1.16. The molecule has 0 bridgehead atoms. The number of carbonyl (C=O) groups excluding carboxylic acids is 1. The van der Waals surface area contributed by atoms with Crippen LogP contribution in [0, 0.1) is 5.92 Å². The minimum atomic E-state index is -4.23. The smallest absolute Gasteiger partial charge is 0.358 e. The van der Waals surface area contributed by atoms with Crippen molar-refractivity contribution in [3.8, 4) is 0 Å². The maximum atomic E-state index is 12.3. The molecule has 8 nitrogen and oxygen atoms in total. The molecule has 0 fully saturated rings. The Hall–Kier alpha value is -2.00. The molecule has 1 aromatic rings. The number of hydrogen-bond acceptors (Lipinski definition) is 6. The molecule has 0 aliphatic carbocycles. The largest absolute Gasteiger partial charge is 0.480 e. The molecular formula is C12H16N2O6S. The second-order valence-corrected chi connectivity index (χ2v) is 6.21. The number of aliphatic carboxylic acids is 1. The van der Waals surface area contributed by atoms with Crippen molar-refractivity contribution in [2.75, 3.05) is 7.11 Å². The molecule has 0 aliphatic rings. The number of hydrogen-bond donors (Lipinski definition) is 2. The summed E-state index contributed by atoms with van der Waals surface area (Å²) in [5.74, 6) is -2.71. The summed E-state index contributed by atoms with van der Waals surface area (Å²) in [7, 11) is -3.14. The van der Waals surface area contributed by atoms with E-state index in [1.54, 1.807) is 13.8 Å². The van der Waals surface area contributed by atoms with Crippen LogP contribution in [0.15, 0.2) is 23.2 Å². The van der Waals surface area contributed by atoms with E-state index in [0.717, 1.165) is 13.2 Å². The highest BCUT2D eigenvalue weighted by molar-refractivity contribution is 7.89. The molecule has 1 atom stereocenters. The Labute approximate surface area is 122 Å². The molecule has 0 spiro atoms. The van der Waals surface area contributed by atoms with Gasteiger partial charge >= 0.3 is 11.9 Å². The molecule has 0 aromatic carbocycles. The fourth-order valence-corrected chi connectivity index (χ4v) is 3.04. The van der Waals surface area contributed by atoms with E-state index >= 15 is 0 Å². The molecule has 0 radical (unpaired) electrons. The summed E-state index contributed by atoms with van der Waals surface area (Å²) in [5, 5.41) is 9.04. The number of carbonyl (C=O) groups is 2. The molecule has 1 heterocycles. The Kier molecular flexibility index (Phi) is 5.39. The standard InChI is InChI=1S/C12H16N2O6S/c1-7(2)9(11(15)16)14-21(18,19)8-5-4-6-13-10(8)12(17)20-3/h4-7,9,14H,1-3H3,(H,15,16). The SMILES string of the molecule is COC(=O)c1ncccc1S(=O)(=O)NC(C(=O)O)C(C)C. The molecule has 1 aromatic heterocycles. The molecular weight excluding hydrogens is 300 g/mol. The summed E-state index contributed by atoms with van der Waals surface area (Å²) in [6.45, 7) is 3.12. The normalized spacial score (nSPS) is 13.0. The van der Waals surface area contributed by atoms with Gasteiger partial charge in [-0.1, -0.05) is 13.8 Å². The lowest BCUT2D eigenvalue weighted by Crippen LogP contribution is -2.44. The Bertz CT molecular complexity index is 641. The summed E-state index contributed by atoms with van der Waals surface area (Å²) in [4.78, 5) is 25.9. The van der Waals surface area contributed by atoms with Gasteiger partial charge in [0.25, 0.3) is 0 Å². The number of aromatic nitrogens is 1. The predicted molar refractivity (Wildman–Crippen MR) is 72.2 cm³/mol. The summed E-state index contributed by atoms with van der Waals surface area (Å²) < 4.78 is 31.1. The first-order chi connectivity index (χ1) is 9.70.